The molecule has 2 saturated heterocycles. The lowest BCUT2D eigenvalue weighted by Crippen LogP contribution is -2.52. The molecular weight excluding hydrogens is 346 g/mol. The highest BCUT2D eigenvalue weighted by Crippen LogP contribution is 2.35. The molecule has 1 atom stereocenters. The first kappa shape index (κ1) is 15.9. The van der Waals surface area contributed by atoms with Crippen molar-refractivity contribution < 1.29 is 9.53 Å². The van der Waals surface area contributed by atoms with E-state index in [-0.39, 0.29) is 11.3 Å². The molecule has 4 rings (SSSR count). The molecule has 128 valence electrons. The van der Waals surface area contributed by atoms with E-state index in [0.717, 1.165) is 37.6 Å². The molecule has 1 spiro atoms. The largest absolute Gasteiger partial charge is 0.379 e. The summed E-state index contributed by atoms with van der Waals surface area (Å²) in [6.07, 6.45) is 3.89. The molecule has 2 aliphatic rings. The van der Waals surface area contributed by atoms with Crippen molar-refractivity contribution in [3.8, 4) is 0 Å². The van der Waals surface area contributed by atoms with Gasteiger partial charge in [0.1, 0.15) is 0 Å². The lowest BCUT2D eigenvalue weighted by molar-refractivity contribution is 0.0133. The van der Waals surface area contributed by atoms with Gasteiger partial charge in [0.2, 0.25) is 0 Å². The Kier molecular flexibility index (Phi) is 4.47. The Morgan fingerprint density at radius 3 is 3.08 bits per heavy atom. The van der Waals surface area contributed by atoms with E-state index in [9.17, 15) is 4.79 Å². The number of carbonyl (C=O) groups excluding carboxylic acids is 1. The van der Waals surface area contributed by atoms with Crippen LogP contribution >= 0.6 is 22.9 Å². The number of nitrogens with zero attached hydrogens (tertiary/aromatic N) is 5. The number of piperidine rings is 1. The van der Waals surface area contributed by atoms with Crippen LogP contribution in [0.15, 0.2) is 17.0 Å². The highest BCUT2D eigenvalue weighted by molar-refractivity contribution is 7.13. The van der Waals surface area contributed by atoms with E-state index in [2.05, 4.69) is 19.5 Å². The number of carbonyl (C=O) groups is 1. The van der Waals surface area contributed by atoms with Crippen molar-refractivity contribution in [3.63, 3.8) is 0 Å². The quantitative estimate of drug-likeness (QED) is 0.807. The first-order valence-corrected chi connectivity index (χ1v) is 9.76. The Morgan fingerprint density at radius 1 is 1.33 bits per heavy atom. The van der Waals surface area contributed by atoms with Crippen LogP contribution in [0.3, 0.4) is 0 Å². The van der Waals surface area contributed by atoms with Gasteiger partial charge in [-0.3, -0.25) is 4.79 Å². The van der Waals surface area contributed by atoms with Gasteiger partial charge in [-0.2, -0.15) is 0 Å². The molecule has 2 aromatic rings. The predicted octanol–water partition coefficient (Wildman–Crippen LogP) is 1.75. The minimum absolute atomic E-state index is 0.0205. The fourth-order valence-electron chi connectivity index (χ4n) is 3.58. The monoisotopic (exact) mass is 365 g/mol. The van der Waals surface area contributed by atoms with E-state index >= 15 is 0 Å². The van der Waals surface area contributed by atoms with Crippen LogP contribution < -0.4 is 4.90 Å². The molecule has 4 heterocycles. The average Bonchev–Trinajstić information content (AvgIpc) is 3.28. The van der Waals surface area contributed by atoms with Gasteiger partial charge in [-0.25, -0.2) is 4.98 Å². The third-order valence-electron chi connectivity index (χ3n) is 4.66. The zero-order chi connectivity index (χ0) is 16.4. The van der Waals surface area contributed by atoms with Crippen molar-refractivity contribution in [2.45, 2.75) is 12.8 Å². The Bertz CT molecular complexity index is 678. The summed E-state index contributed by atoms with van der Waals surface area (Å²) >= 11 is 2.87. The fraction of sp³-hybridized carbons (Fsp3) is 0.600. The second-order valence-corrected chi connectivity index (χ2v) is 7.89. The highest BCUT2D eigenvalue weighted by atomic mass is 32.1. The van der Waals surface area contributed by atoms with Gasteiger partial charge in [0.25, 0.3) is 5.91 Å². The van der Waals surface area contributed by atoms with Crippen LogP contribution in [-0.2, 0) is 4.74 Å². The number of ether oxygens (including phenoxy) is 1. The van der Waals surface area contributed by atoms with Gasteiger partial charge in [-0.1, -0.05) is 4.49 Å². The number of hydrogen-bond acceptors (Lipinski definition) is 8. The molecule has 1 unspecified atom stereocenters. The smallest absolute Gasteiger partial charge is 0.275 e. The molecule has 0 saturated carbocycles. The molecule has 0 aromatic carbocycles. The summed E-state index contributed by atoms with van der Waals surface area (Å²) in [4.78, 5) is 21.3. The molecule has 9 heteroatoms. The molecule has 0 bridgehead atoms. The molecule has 2 fully saturated rings. The molecule has 0 N–H and O–H groups in total. The number of rotatable bonds is 2. The molecule has 0 aliphatic carbocycles. The van der Waals surface area contributed by atoms with Crippen LogP contribution in [0.25, 0.3) is 0 Å². The van der Waals surface area contributed by atoms with Crippen LogP contribution in [0.2, 0.25) is 0 Å². The molecular formula is C15H19N5O2S2. The lowest BCUT2D eigenvalue weighted by Gasteiger charge is -2.43. The van der Waals surface area contributed by atoms with Crippen LogP contribution in [0.4, 0.5) is 5.13 Å². The van der Waals surface area contributed by atoms with E-state index in [4.69, 9.17) is 4.74 Å². The van der Waals surface area contributed by atoms with E-state index in [0.29, 0.717) is 25.5 Å². The number of likely N-dealkylation sites (tertiary alicyclic amines) is 1. The topological polar surface area (TPSA) is 71.5 Å². The minimum atomic E-state index is -0.0421. The predicted molar refractivity (Wildman–Crippen MR) is 92.6 cm³/mol. The van der Waals surface area contributed by atoms with Crippen molar-refractivity contribution in [1.29, 1.82) is 0 Å². The van der Waals surface area contributed by atoms with E-state index in [1.165, 1.54) is 11.5 Å². The van der Waals surface area contributed by atoms with Gasteiger partial charge in [-0.15, -0.1) is 16.4 Å². The Balaban J connectivity index is 1.53. The summed E-state index contributed by atoms with van der Waals surface area (Å²) in [7, 11) is 0. The van der Waals surface area contributed by atoms with Crippen molar-refractivity contribution in [2.75, 3.05) is 44.3 Å². The number of thiazole rings is 1. The van der Waals surface area contributed by atoms with Crippen molar-refractivity contribution in [3.05, 3.63) is 22.7 Å². The van der Waals surface area contributed by atoms with Crippen LogP contribution in [-0.4, -0.2) is 64.8 Å². The van der Waals surface area contributed by atoms with Gasteiger partial charge >= 0.3 is 0 Å². The summed E-state index contributed by atoms with van der Waals surface area (Å²) < 4.78 is 9.71. The second kappa shape index (κ2) is 6.73. The summed E-state index contributed by atoms with van der Waals surface area (Å²) in [5.74, 6) is -0.0205. The lowest BCUT2D eigenvalue weighted by atomic mass is 9.80. The fourth-order valence-corrected chi connectivity index (χ4v) is 4.68. The minimum Gasteiger partial charge on any atom is -0.379 e. The highest BCUT2D eigenvalue weighted by Gasteiger charge is 2.41. The van der Waals surface area contributed by atoms with Gasteiger partial charge in [0.15, 0.2) is 10.8 Å². The molecule has 2 aromatic heterocycles. The number of amides is 1. The Labute approximate surface area is 148 Å². The number of anilines is 1. The van der Waals surface area contributed by atoms with Crippen molar-refractivity contribution >= 4 is 33.9 Å². The SMILES string of the molecule is O=C(c1csnn1)N1CCCC2(COCCN(c3nccs3)C2)C1. The van der Waals surface area contributed by atoms with Gasteiger partial charge in [0.05, 0.1) is 13.2 Å². The van der Waals surface area contributed by atoms with Gasteiger partial charge in [-0.05, 0) is 24.4 Å². The first-order valence-electron chi connectivity index (χ1n) is 8.04. The van der Waals surface area contributed by atoms with Crippen LogP contribution in [0.1, 0.15) is 23.3 Å². The van der Waals surface area contributed by atoms with Crippen LogP contribution in [0.5, 0.6) is 0 Å². The average molecular weight is 365 g/mol. The van der Waals surface area contributed by atoms with Gasteiger partial charge in [0, 0.05) is 48.6 Å². The first-order chi connectivity index (χ1) is 11.8. The normalized spacial score (nSPS) is 25.0. The van der Waals surface area contributed by atoms with Crippen molar-refractivity contribution in [2.24, 2.45) is 5.41 Å². The maximum atomic E-state index is 12.6. The van der Waals surface area contributed by atoms with Crippen molar-refractivity contribution in [1.82, 2.24) is 19.5 Å². The zero-order valence-corrected chi connectivity index (χ0v) is 14.9. The summed E-state index contributed by atoms with van der Waals surface area (Å²) in [5.41, 5.74) is 0.405. The summed E-state index contributed by atoms with van der Waals surface area (Å²) in [6.45, 7) is 4.58. The molecule has 1 amide bonds. The van der Waals surface area contributed by atoms with Crippen LogP contribution in [0, 0.1) is 5.41 Å². The third kappa shape index (κ3) is 3.15. The van der Waals surface area contributed by atoms with E-state index < -0.39 is 0 Å². The van der Waals surface area contributed by atoms with E-state index in [1.807, 2.05) is 16.5 Å². The maximum absolute atomic E-state index is 12.6. The maximum Gasteiger partial charge on any atom is 0.275 e. The Hall–Kier alpha value is -1.58. The van der Waals surface area contributed by atoms with E-state index in [1.54, 1.807) is 16.7 Å². The molecule has 2 aliphatic heterocycles. The number of hydrogen-bond donors (Lipinski definition) is 0. The standard InChI is InChI=1S/C15H19N5O2S2/c21-13(12-8-24-18-17-12)19-4-1-2-15(9-19)10-20(5-6-22-11-15)14-16-3-7-23-14/h3,7-8H,1-2,4-6,9-11H2. The zero-order valence-electron chi connectivity index (χ0n) is 13.3. The molecule has 7 nitrogen and oxygen atoms in total. The Morgan fingerprint density at radius 2 is 2.29 bits per heavy atom. The summed E-state index contributed by atoms with van der Waals surface area (Å²) in [5, 5.41) is 8.68. The van der Waals surface area contributed by atoms with Gasteiger partial charge < -0.3 is 14.5 Å². The second-order valence-electron chi connectivity index (χ2n) is 6.41. The number of aromatic nitrogens is 3. The molecule has 0 radical (unpaired) electrons. The summed E-state index contributed by atoms with van der Waals surface area (Å²) in [6, 6.07) is 0. The molecule has 24 heavy (non-hydrogen) atoms. The third-order valence-corrected chi connectivity index (χ3v) is 5.99.